The quantitative estimate of drug-likeness (QED) is 0.664. The van der Waals surface area contributed by atoms with Gasteiger partial charge in [0.05, 0.1) is 4.92 Å². The molecule has 4 nitrogen and oxygen atoms in total. The van der Waals surface area contributed by atoms with E-state index in [1.807, 2.05) is 25.1 Å². The maximum Gasteiger partial charge on any atom is 0.304 e. The zero-order valence-electron chi connectivity index (χ0n) is 11.3. The predicted octanol–water partition coefficient (Wildman–Crippen LogP) is 4.24. The maximum absolute atomic E-state index is 13.5. The van der Waals surface area contributed by atoms with Crippen molar-refractivity contribution in [2.75, 3.05) is 0 Å². The molecule has 0 radical (unpaired) electrons. The fourth-order valence-corrected chi connectivity index (χ4v) is 2.17. The molecule has 110 valence electrons. The Kier molecular flexibility index (Phi) is 4.88. The molecule has 0 heterocycles. The van der Waals surface area contributed by atoms with E-state index in [1.54, 1.807) is 12.1 Å². The Morgan fingerprint density at radius 3 is 2.71 bits per heavy atom. The molecule has 2 rings (SSSR count). The Hall–Kier alpha value is -1.98. The molecule has 1 atom stereocenters. The Morgan fingerprint density at radius 2 is 2.10 bits per heavy atom. The van der Waals surface area contributed by atoms with Crippen LogP contribution in [0.1, 0.15) is 24.1 Å². The first-order valence-electron chi connectivity index (χ1n) is 6.39. The van der Waals surface area contributed by atoms with Gasteiger partial charge in [0.2, 0.25) is 5.82 Å². The Bertz CT molecular complexity index is 664. The fraction of sp³-hybridized carbons (Fsp3) is 0.200. The van der Waals surface area contributed by atoms with E-state index in [0.29, 0.717) is 17.1 Å². The second-order valence-electron chi connectivity index (χ2n) is 4.70. The van der Waals surface area contributed by atoms with Crippen molar-refractivity contribution in [3.8, 4) is 0 Å². The summed E-state index contributed by atoms with van der Waals surface area (Å²) >= 11 is 5.93. The van der Waals surface area contributed by atoms with Crippen LogP contribution in [0.4, 0.5) is 10.1 Å². The second-order valence-corrected chi connectivity index (χ2v) is 5.14. The SMILES string of the molecule is CC(NCc1ccc([N+](=O)[O-])c(F)c1)c1cccc(Cl)c1. The van der Waals surface area contributed by atoms with Gasteiger partial charge in [0.25, 0.3) is 0 Å². The van der Waals surface area contributed by atoms with Crippen LogP contribution in [0.3, 0.4) is 0 Å². The topological polar surface area (TPSA) is 55.2 Å². The number of nitro benzene ring substituents is 1. The summed E-state index contributed by atoms with van der Waals surface area (Å²) in [5, 5.41) is 14.4. The van der Waals surface area contributed by atoms with E-state index in [2.05, 4.69) is 5.32 Å². The van der Waals surface area contributed by atoms with E-state index in [-0.39, 0.29) is 6.04 Å². The third-order valence-electron chi connectivity index (χ3n) is 3.17. The summed E-state index contributed by atoms with van der Waals surface area (Å²) in [6.07, 6.45) is 0. The normalized spacial score (nSPS) is 12.1. The lowest BCUT2D eigenvalue weighted by molar-refractivity contribution is -0.387. The molecule has 0 aliphatic rings. The molecule has 0 spiro atoms. The van der Waals surface area contributed by atoms with Crippen LogP contribution < -0.4 is 5.32 Å². The van der Waals surface area contributed by atoms with E-state index < -0.39 is 16.4 Å². The van der Waals surface area contributed by atoms with Gasteiger partial charge in [0, 0.05) is 23.7 Å². The lowest BCUT2D eigenvalue weighted by Crippen LogP contribution is -2.18. The van der Waals surface area contributed by atoms with Gasteiger partial charge in [-0.25, -0.2) is 0 Å². The predicted molar refractivity (Wildman–Crippen MR) is 79.8 cm³/mol. The Labute approximate surface area is 126 Å². The van der Waals surface area contributed by atoms with Gasteiger partial charge in [-0.1, -0.05) is 29.8 Å². The smallest absolute Gasteiger partial charge is 0.304 e. The summed E-state index contributed by atoms with van der Waals surface area (Å²) < 4.78 is 13.5. The summed E-state index contributed by atoms with van der Waals surface area (Å²) in [7, 11) is 0. The number of nitrogens with zero attached hydrogens (tertiary/aromatic N) is 1. The minimum Gasteiger partial charge on any atom is -0.306 e. The summed E-state index contributed by atoms with van der Waals surface area (Å²) in [6.45, 7) is 2.37. The first-order valence-corrected chi connectivity index (χ1v) is 6.77. The zero-order chi connectivity index (χ0) is 15.4. The molecule has 0 aliphatic heterocycles. The summed E-state index contributed by atoms with van der Waals surface area (Å²) in [4.78, 5) is 9.82. The molecule has 0 saturated carbocycles. The van der Waals surface area contributed by atoms with Crippen molar-refractivity contribution in [2.24, 2.45) is 0 Å². The van der Waals surface area contributed by atoms with Crippen molar-refractivity contribution in [1.82, 2.24) is 5.32 Å². The molecule has 0 fully saturated rings. The van der Waals surface area contributed by atoms with Crippen molar-refractivity contribution in [3.05, 3.63) is 74.5 Å². The van der Waals surface area contributed by atoms with Crippen LogP contribution in [0, 0.1) is 15.9 Å². The molecule has 1 unspecified atom stereocenters. The molecule has 2 aromatic rings. The number of nitrogens with one attached hydrogen (secondary N) is 1. The standard InChI is InChI=1S/C15H14ClFN2O2/c1-10(12-3-2-4-13(16)8-12)18-9-11-5-6-15(19(20)21)14(17)7-11/h2-8,10,18H,9H2,1H3. The zero-order valence-corrected chi connectivity index (χ0v) is 12.1. The van der Waals surface area contributed by atoms with Gasteiger partial charge in [-0.15, -0.1) is 0 Å². The number of rotatable bonds is 5. The first-order chi connectivity index (χ1) is 9.97. The van der Waals surface area contributed by atoms with Crippen LogP contribution in [-0.4, -0.2) is 4.92 Å². The van der Waals surface area contributed by atoms with Crippen LogP contribution >= 0.6 is 11.6 Å². The van der Waals surface area contributed by atoms with Crippen molar-refractivity contribution in [2.45, 2.75) is 19.5 Å². The summed E-state index contributed by atoms with van der Waals surface area (Å²) in [5.41, 5.74) is 1.15. The van der Waals surface area contributed by atoms with Gasteiger partial charge in [-0.3, -0.25) is 10.1 Å². The monoisotopic (exact) mass is 308 g/mol. The van der Waals surface area contributed by atoms with E-state index >= 15 is 0 Å². The third kappa shape index (κ3) is 4.00. The highest BCUT2D eigenvalue weighted by Crippen LogP contribution is 2.20. The van der Waals surface area contributed by atoms with Gasteiger partial charge >= 0.3 is 5.69 Å². The largest absolute Gasteiger partial charge is 0.306 e. The van der Waals surface area contributed by atoms with Crippen LogP contribution in [0.2, 0.25) is 5.02 Å². The molecular formula is C15H14ClFN2O2. The van der Waals surface area contributed by atoms with Gasteiger partial charge < -0.3 is 5.32 Å². The van der Waals surface area contributed by atoms with E-state index in [4.69, 9.17) is 11.6 Å². The fourth-order valence-electron chi connectivity index (χ4n) is 1.97. The molecule has 0 bridgehead atoms. The highest BCUT2D eigenvalue weighted by atomic mass is 35.5. The highest BCUT2D eigenvalue weighted by Gasteiger charge is 2.14. The number of hydrogen-bond donors (Lipinski definition) is 1. The van der Waals surface area contributed by atoms with Gasteiger partial charge in [0.15, 0.2) is 0 Å². The van der Waals surface area contributed by atoms with E-state index in [0.717, 1.165) is 5.56 Å². The van der Waals surface area contributed by atoms with Crippen LogP contribution in [-0.2, 0) is 6.54 Å². The Morgan fingerprint density at radius 1 is 1.33 bits per heavy atom. The number of halogens is 2. The van der Waals surface area contributed by atoms with Crippen LogP contribution in [0.25, 0.3) is 0 Å². The minimum atomic E-state index is -0.824. The average Bonchev–Trinajstić information content (AvgIpc) is 2.44. The van der Waals surface area contributed by atoms with Crippen molar-refractivity contribution in [1.29, 1.82) is 0 Å². The number of hydrogen-bond acceptors (Lipinski definition) is 3. The molecule has 0 amide bonds. The van der Waals surface area contributed by atoms with Gasteiger partial charge in [-0.2, -0.15) is 4.39 Å². The molecule has 1 N–H and O–H groups in total. The second kappa shape index (κ2) is 6.65. The number of benzene rings is 2. The van der Waals surface area contributed by atoms with Crippen molar-refractivity contribution in [3.63, 3.8) is 0 Å². The lowest BCUT2D eigenvalue weighted by Gasteiger charge is -2.14. The number of nitro groups is 1. The van der Waals surface area contributed by atoms with Crippen molar-refractivity contribution < 1.29 is 9.31 Å². The van der Waals surface area contributed by atoms with Crippen LogP contribution in [0.15, 0.2) is 42.5 Å². The molecule has 6 heteroatoms. The summed E-state index contributed by atoms with van der Waals surface area (Å²) in [6, 6.07) is 11.4. The molecule has 0 saturated heterocycles. The molecule has 2 aromatic carbocycles. The Balaban J connectivity index is 2.03. The summed E-state index contributed by atoms with van der Waals surface area (Å²) in [5.74, 6) is -0.824. The molecule has 0 aromatic heterocycles. The average molecular weight is 309 g/mol. The van der Waals surface area contributed by atoms with Gasteiger partial charge in [0.1, 0.15) is 0 Å². The lowest BCUT2D eigenvalue weighted by atomic mass is 10.1. The van der Waals surface area contributed by atoms with Gasteiger partial charge in [-0.05, 0) is 36.2 Å². The van der Waals surface area contributed by atoms with Crippen LogP contribution in [0.5, 0.6) is 0 Å². The van der Waals surface area contributed by atoms with E-state index in [1.165, 1.54) is 12.1 Å². The van der Waals surface area contributed by atoms with Crippen molar-refractivity contribution >= 4 is 17.3 Å². The third-order valence-corrected chi connectivity index (χ3v) is 3.40. The highest BCUT2D eigenvalue weighted by molar-refractivity contribution is 6.30. The molecule has 0 aliphatic carbocycles. The minimum absolute atomic E-state index is 0.0296. The maximum atomic E-state index is 13.5. The molecular weight excluding hydrogens is 295 g/mol. The van der Waals surface area contributed by atoms with E-state index in [9.17, 15) is 14.5 Å². The molecule has 21 heavy (non-hydrogen) atoms. The first kappa shape index (κ1) is 15.4.